The van der Waals surface area contributed by atoms with Crippen LogP contribution in [0.3, 0.4) is 0 Å². The van der Waals surface area contributed by atoms with Crippen molar-refractivity contribution in [3.8, 4) is 5.95 Å². The number of nitrogens with zero attached hydrogens (tertiary/aromatic N) is 4. The molecule has 0 aliphatic heterocycles. The molecular weight excluding hydrogens is 340 g/mol. The lowest BCUT2D eigenvalue weighted by Crippen LogP contribution is -2.17. The smallest absolute Gasteiger partial charge is 0.259 e. The third-order valence-electron chi connectivity index (χ3n) is 3.63. The van der Waals surface area contributed by atoms with Gasteiger partial charge >= 0.3 is 0 Å². The van der Waals surface area contributed by atoms with Gasteiger partial charge in [0.25, 0.3) is 11.9 Å². The lowest BCUT2D eigenvalue weighted by atomic mass is 9.92. The van der Waals surface area contributed by atoms with Crippen LogP contribution in [0.5, 0.6) is 0 Å². The van der Waals surface area contributed by atoms with Crippen molar-refractivity contribution in [3.05, 3.63) is 65.6 Å². The Morgan fingerprint density at radius 2 is 1.81 bits per heavy atom. The average Bonchev–Trinajstić information content (AvgIpc) is 3.02. The predicted molar refractivity (Wildman–Crippen MR) is 92.2 cm³/mol. The van der Waals surface area contributed by atoms with E-state index in [2.05, 4.69) is 20.4 Å². The Balaban J connectivity index is 2.02. The summed E-state index contributed by atoms with van der Waals surface area (Å²) in [5.74, 6) is -1.80. The molecule has 0 aliphatic carbocycles. The molecular formula is C18H17F2N5O. The van der Waals surface area contributed by atoms with E-state index in [0.29, 0.717) is 5.69 Å². The van der Waals surface area contributed by atoms with Gasteiger partial charge in [-0.15, -0.1) is 0 Å². The molecule has 0 spiro atoms. The summed E-state index contributed by atoms with van der Waals surface area (Å²) in [5, 5.41) is 7.01. The van der Waals surface area contributed by atoms with Gasteiger partial charge in [-0.2, -0.15) is 9.78 Å². The molecule has 0 aliphatic rings. The quantitative estimate of drug-likeness (QED) is 0.779. The molecule has 2 aromatic heterocycles. The fraction of sp³-hybridized carbons (Fsp3) is 0.222. The zero-order chi connectivity index (χ0) is 18.9. The summed E-state index contributed by atoms with van der Waals surface area (Å²) in [6.45, 7) is 5.89. The Hall–Kier alpha value is -3.16. The third kappa shape index (κ3) is 3.58. The van der Waals surface area contributed by atoms with Gasteiger partial charge in [0.1, 0.15) is 17.5 Å². The molecule has 6 nitrogen and oxygen atoms in total. The Labute approximate surface area is 148 Å². The zero-order valence-electron chi connectivity index (χ0n) is 14.5. The van der Waals surface area contributed by atoms with E-state index in [9.17, 15) is 13.6 Å². The lowest BCUT2D eigenvalue weighted by Gasteiger charge is -2.13. The summed E-state index contributed by atoms with van der Waals surface area (Å²) in [7, 11) is 0. The number of halogens is 2. The van der Waals surface area contributed by atoms with Crippen LogP contribution in [0.15, 0.2) is 42.7 Å². The van der Waals surface area contributed by atoms with Gasteiger partial charge in [0, 0.05) is 23.9 Å². The van der Waals surface area contributed by atoms with Crippen LogP contribution in [-0.2, 0) is 5.41 Å². The number of aromatic nitrogens is 4. The van der Waals surface area contributed by atoms with Crippen molar-refractivity contribution in [3.63, 3.8) is 0 Å². The van der Waals surface area contributed by atoms with E-state index in [1.54, 1.807) is 24.5 Å². The Bertz CT molecular complexity index is 948. The monoisotopic (exact) mass is 357 g/mol. The van der Waals surface area contributed by atoms with E-state index in [-0.39, 0.29) is 17.2 Å². The van der Waals surface area contributed by atoms with E-state index in [1.807, 2.05) is 20.8 Å². The fourth-order valence-electron chi connectivity index (χ4n) is 2.24. The number of carbonyl (C=O) groups excluding carboxylic acids is 1. The maximum Gasteiger partial charge on any atom is 0.259 e. The van der Waals surface area contributed by atoms with Gasteiger partial charge in [-0.1, -0.05) is 20.8 Å². The number of anilines is 1. The van der Waals surface area contributed by atoms with E-state index < -0.39 is 23.1 Å². The highest BCUT2D eigenvalue weighted by Crippen LogP contribution is 2.25. The molecule has 0 bridgehead atoms. The maximum absolute atomic E-state index is 13.9. The number of hydrogen-bond donors (Lipinski definition) is 1. The topological polar surface area (TPSA) is 72.7 Å². The minimum Gasteiger partial charge on any atom is -0.306 e. The lowest BCUT2D eigenvalue weighted by molar-refractivity contribution is 0.102. The van der Waals surface area contributed by atoms with Crippen molar-refractivity contribution in [2.45, 2.75) is 26.2 Å². The number of hydrogen-bond acceptors (Lipinski definition) is 4. The van der Waals surface area contributed by atoms with Gasteiger partial charge in [0.15, 0.2) is 0 Å². The molecule has 3 rings (SSSR count). The van der Waals surface area contributed by atoms with Crippen LogP contribution in [0.2, 0.25) is 0 Å². The summed E-state index contributed by atoms with van der Waals surface area (Å²) in [6, 6.07) is 6.01. The van der Waals surface area contributed by atoms with Crippen LogP contribution in [-0.4, -0.2) is 25.7 Å². The summed E-state index contributed by atoms with van der Waals surface area (Å²) >= 11 is 0. The summed E-state index contributed by atoms with van der Waals surface area (Å²) in [6.07, 6.45) is 3.08. The van der Waals surface area contributed by atoms with Crippen molar-refractivity contribution >= 4 is 11.7 Å². The van der Waals surface area contributed by atoms with Crippen molar-refractivity contribution in [1.82, 2.24) is 19.7 Å². The molecule has 0 saturated carbocycles. The Morgan fingerprint density at radius 3 is 2.46 bits per heavy atom. The summed E-state index contributed by atoms with van der Waals surface area (Å²) in [4.78, 5) is 20.7. The van der Waals surface area contributed by atoms with E-state index >= 15 is 0 Å². The SMILES string of the molecule is CC(C)(C)c1cc(NC(=O)c2cc(F)ccc2F)n(-c2ncccn2)n1. The molecule has 0 atom stereocenters. The van der Waals surface area contributed by atoms with E-state index in [1.165, 1.54) is 4.68 Å². The van der Waals surface area contributed by atoms with E-state index in [4.69, 9.17) is 0 Å². The minimum absolute atomic E-state index is 0.248. The van der Waals surface area contributed by atoms with Crippen LogP contribution in [0.25, 0.3) is 5.95 Å². The van der Waals surface area contributed by atoms with Gasteiger partial charge < -0.3 is 5.32 Å². The number of rotatable bonds is 3. The number of benzene rings is 1. The fourth-order valence-corrected chi connectivity index (χ4v) is 2.24. The van der Waals surface area contributed by atoms with Crippen molar-refractivity contribution in [2.24, 2.45) is 0 Å². The predicted octanol–water partition coefficient (Wildman–Crippen LogP) is 3.49. The van der Waals surface area contributed by atoms with Gasteiger partial charge in [-0.05, 0) is 24.3 Å². The molecule has 1 amide bonds. The molecule has 0 fully saturated rings. The number of carbonyl (C=O) groups is 1. The van der Waals surface area contributed by atoms with Crippen molar-refractivity contribution in [2.75, 3.05) is 5.32 Å². The first-order valence-electron chi connectivity index (χ1n) is 7.90. The van der Waals surface area contributed by atoms with Crippen LogP contribution in [0.4, 0.5) is 14.6 Å². The first-order chi connectivity index (χ1) is 12.3. The Kier molecular flexibility index (Phi) is 4.50. The first-order valence-corrected chi connectivity index (χ1v) is 7.90. The molecule has 134 valence electrons. The normalized spacial score (nSPS) is 11.4. The Morgan fingerprint density at radius 1 is 1.12 bits per heavy atom. The second kappa shape index (κ2) is 6.62. The highest BCUT2D eigenvalue weighted by atomic mass is 19.1. The summed E-state index contributed by atoms with van der Waals surface area (Å²) < 4.78 is 28.6. The van der Waals surface area contributed by atoms with E-state index in [0.717, 1.165) is 18.2 Å². The molecule has 26 heavy (non-hydrogen) atoms. The molecule has 0 saturated heterocycles. The third-order valence-corrected chi connectivity index (χ3v) is 3.63. The molecule has 2 heterocycles. The molecule has 1 N–H and O–H groups in total. The highest BCUT2D eigenvalue weighted by Gasteiger charge is 2.23. The molecule has 8 heteroatoms. The second-order valence-corrected chi connectivity index (χ2v) is 6.70. The van der Waals surface area contributed by atoms with Gasteiger partial charge in [-0.3, -0.25) is 4.79 Å². The second-order valence-electron chi connectivity index (χ2n) is 6.70. The molecule has 3 aromatic rings. The highest BCUT2D eigenvalue weighted by molar-refractivity contribution is 6.04. The molecule has 0 radical (unpaired) electrons. The number of nitrogens with one attached hydrogen (secondary N) is 1. The van der Waals surface area contributed by atoms with Gasteiger partial charge in [-0.25, -0.2) is 18.7 Å². The minimum atomic E-state index is -0.818. The van der Waals surface area contributed by atoms with Crippen LogP contribution in [0, 0.1) is 11.6 Å². The molecule has 0 unspecified atom stereocenters. The van der Waals surface area contributed by atoms with Crippen LogP contribution < -0.4 is 5.32 Å². The largest absolute Gasteiger partial charge is 0.306 e. The maximum atomic E-state index is 13.9. The summed E-state index contributed by atoms with van der Waals surface area (Å²) in [5.41, 5.74) is -0.0205. The molecule has 1 aromatic carbocycles. The zero-order valence-corrected chi connectivity index (χ0v) is 14.5. The number of amides is 1. The standard InChI is InChI=1S/C18H17F2N5O/c1-18(2,3)14-10-15(25(24-14)17-21-7-4-8-22-17)23-16(26)12-9-11(19)5-6-13(12)20/h4-10H,1-3H3,(H,23,26). The first kappa shape index (κ1) is 17.7. The van der Waals surface area contributed by atoms with Crippen molar-refractivity contribution in [1.29, 1.82) is 0 Å². The van der Waals surface area contributed by atoms with Gasteiger partial charge in [0.2, 0.25) is 0 Å². The average molecular weight is 357 g/mol. The van der Waals surface area contributed by atoms with Crippen molar-refractivity contribution < 1.29 is 13.6 Å². The van der Waals surface area contributed by atoms with Crippen LogP contribution >= 0.6 is 0 Å². The van der Waals surface area contributed by atoms with Gasteiger partial charge in [0.05, 0.1) is 11.3 Å². The van der Waals surface area contributed by atoms with Crippen LogP contribution in [0.1, 0.15) is 36.8 Å².